The zero-order valence-corrected chi connectivity index (χ0v) is 17.1. The number of nitrogens with zero attached hydrogens (tertiary/aromatic N) is 5. The standard InChI is InChI=1S/C16H28N8O3S/c1-4-12(10(3)25)20-16-21-14(13-15(22-16)23(5-2)9-18-13)19-11-6-7-24(8-11)28(17,26)27/h9-12,25H,4-8H2,1-3H3,(H2,17,26,27)(H2,19,20,21,22)/t10-,11+,12+/m1/s1. The molecular weight excluding hydrogens is 384 g/mol. The zero-order chi connectivity index (χ0) is 20.5. The van der Waals surface area contributed by atoms with E-state index >= 15 is 0 Å². The van der Waals surface area contributed by atoms with Gasteiger partial charge in [-0.25, -0.2) is 10.1 Å². The molecule has 1 aliphatic heterocycles. The van der Waals surface area contributed by atoms with Gasteiger partial charge in [-0.3, -0.25) is 0 Å². The van der Waals surface area contributed by atoms with E-state index in [0.717, 1.165) is 0 Å². The summed E-state index contributed by atoms with van der Waals surface area (Å²) in [5.41, 5.74) is 1.29. The average molecular weight is 413 g/mol. The first-order chi connectivity index (χ1) is 13.2. The fraction of sp³-hybridized carbons (Fsp3) is 0.688. The number of hydrogen-bond donors (Lipinski definition) is 4. The Kier molecular flexibility index (Phi) is 6.03. The Hall–Kier alpha value is -2.02. The third-order valence-corrected chi connectivity index (χ3v) is 6.04. The van der Waals surface area contributed by atoms with Crippen LogP contribution in [0.25, 0.3) is 11.2 Å². The maximum Gasteiger partial charge on any atom is 0.276 e. The van der Waals surface area contributed by atoms with E-state index in [4.69, 9.17) is 5.14 Å². The van der Waals surface area contributed by atoms with Crippen LogP contribution in [0.4, 0.5) is 11.8 Å². The normalized spacial score (nSPS) is 20.4. The van der Waals surface area contributed by atoms with Crippen molar-refractivity contribution in [2.75, 3.05) is 23.7 Å². The van der Waals surface area contributed by atoms with E-state index in [2.05, 4.69) is 25.6 Å². The second kappa shape index (κ2) is 8.15. The van der Waals surface area contributed by atoms with Crippen molar-refractivity contribution >= 4 is 33.1 Å². The van der Waals surface area contributed by atoms with E-state index in [0.29, 0.717) is 48.9 Å². The van der Waals surface area contributed by atoms with Gasteiger partial charge in [-0.15, -0.1) is 0 Å². The Morgan fingerprint density at radius 2 is 2.14 bits per heavy atom. The van der Waals surface area contributed by atoms with Crippen LogP contribution in [0, 0.1) is 0 Å². The van der Waals surface area contributed by atoms with Crippen LogP contribution < -0.4 is 15.8 Å². The highest BCUT2D eigenvalue weighted by atomic mass is 32.2. The Morgan fingerprint density at radius 1 is 1.39 bits per heavy atom. The van der Waals surface area contributed by atoms with Crippen LogP contribution in [0.3, 0.4) is 0 Å². The molecule has 0 aromatic carbocycles. The SMILES string of the molecule is CC[C@H](Nc1nc(N[C@H]2CCN(S(N)(=O)=O)C2)c2ncn(CC)c2n1)[C@@H](C)O. The molecule has 2 aromatic rings. The average Bonchev–Trinajstić information content (AvgIpc) is 3.25. The van der Waals surface area contributed by atoms with Crippen LogP contribution in [0.1, 0.15) is 33.6 Å². The minimum absolute atomic E-state index is 0.130. The highest BCUT2D eigenvalue weighted by molar-refractivity contribution is 7.86. The second-order valence-electron chi connectivity index (χ2n) is 7.03. The van der Waals surface area contributed by atoms with E-state index < -0.39 is 16.3 Å². The van der Waals surface area contributed by atoms with Crippen LogP contribution in [0.5, 0.6) is 0 Å². The lowest BCUT2D eigenvalue weighted by Gasteiger charge is -2.21. The molecule has 12 heteroatoms. The molecule has 1 saturated heterocycles. The minimum atomic E-state index is -3.71. The van der Waals surface area contributed by atoms with Crippen molar-refractivity contribution in [2.45, 2.75) is 58.3 Å². The van der Waals surface area contributed by atoms with Crippen LogP contribution in [0.15, 0.2) is 6.33 Å². The van der Waals surface area contributed by atoms with Gasteiger partial charge in [0.15, 0.2) is 17.0 Å². The molecule has 0 bridgehead atoms. The molecule has 0 aliphatic carbocycles. The number of aryl methyl sites for hydroxylation is 1. The summed E-state index contributed by atoms with van der Waals surface area (Å²) >= 11 is 0. The summed E-state index contributed by atoms with van der Waals surface area (Å²) in [6.07, 6.45) is 2.46. The molecule has 3 atom stereocenters. The van der Waals surface area contributed by atoms with E-state index in [1.165, 1.54) is 4.31 Å². The Bertz CT molecular complexity index is 929. The molecule has 0 radical (unpaired) electrons. The van der Waals surface area contributed by atoms with Crippen molar-refractivity contribution < 1.29 is 13.5 Å². The maximum absolute atomic E-state index is 11.6. The molecule has 28 heavy (non-hydrogen) atoms. The van der Waals surface area contributed by atoms with Crippen LogP contribution in [0.2, 0.25) is 0 Å². The molecule has 0 unspecified atom stereocenters. The first kappa shape index (κ1) is 20.7. The fourth-order valence-electron chi connectivity index (χ4n) is 3.34. The van der Waals surface area contributed by atoms with Gasteiger partial charge >= 0.3 is 0 Å². The van der Waals surface area contributed by atoms with E-state index in [1.807, 2.05) is 18.4 Å². The van der Waals surface area contributed by atoms with Gasteiger partial charge in [0.05, 0.1) is 18.5 Å². The van der Waals surface area contributed by atoms with Gasteiger partial charge in [-0.1, -0.05) is 6.92 Å². The number of nitrogens with one attached hydrogen (secondary N) is 2. The molecule has 0 amide bonds. The second-order valence-corrected chi connectivity index (χ2v) is 8.58. The number of aromatic nitrogens is 4. The fourth-order valence-corrected chi connectivity index (χ4v) is 4.09. The Balaban J connectivity index is 1.91. The number of hydrogen-bond acceptors (Lipinski definition) is 8. The topological polar surface area (TPSA) is 151 Å². The van der Waals surface area contributed by atoms with Gasteiger partial charge in [-0.2, -0.15) is 22.7 Å². The quantitative estimate of drug-likeness (QED) is 0.477. The summed E-state index contributed by atoms with van der Waals surface area (Å²) in [5.74, 6) is 0.917. The molecule has 3 heterocycles. The number of imidazole rings is 1. The number of aliphatic hydroxyl groups is 1. The van der Waals surface area contributed by atoms with Gasteiger partial charge in [0, 0.05) is 25.7 Å². The molecular formula is C16H28N8O3S. The van der Waals surface area contributed by atoms with Crippen molar-refractivity contribution in [1.29, 1.82) is 0 Å². The highest BCUT2D eigenvalue weighted by Gasteiger charge is 2.30. The van der Waals surface area contributed by atoms with Crippen LogP contribution in [-0.2, 0) is 16.8 Å². The summed E-state index contributed by atoms with van der Waals surface area (Å²) in [4.78, 5) is 13.5. The van der Waals surface area contributed by atoms with E-state index in [-0.39, 0.29) is 18.6 Å². The lowest BCUT2D eigenvalue weighted by molar-refractivity contribution is 0.169. The van der Waals surface area contributed by atoms with E-state index in [9.17, 15) is 13.5 Å². The van der Waals surface area contributed by atoms with Gasteiger partial charge in [0.2, 0.25) is 5.95 Å². The van der Waals surface area contributed by atoms with Crippen molar-refractivity contribution in [3.8, 4) is 0 Å². The highest BCUT2D eigenvalue weighted by Crippen LogP contribution is 2.24. The molecule has 156 valence electrons. The zero-order valence-electron chi connectivity index (χ0n) is 16.3. The van der Waals surface area contributed by atoms with Crippen molar-refractivity contribution in [3.05, 3.63) is 6.33 Å². The maximum atomic E-state index is 11.6. The predicted molar refractivity (Wildman–Crippen MR) is 107 cm³/mol. The predicted octanol–water partition coefficient (Wildman–Crippen LogP) is 0.107. The first-order valence-corrected chi connectivity index (χ1v) is 10.9. The van der Waals surface area contributed by atoms with Gasteiger partial charge in [-0.05, 0) is 26.7 Å². The summed E-state index contributed by atoms with van der Waals surface area (Å²) in [7, 11) is -3.71. The monoisotopic (exact) mass is 412 g/mol. The summed E-state index contributed by atoms with van der Waals surface area (Å²) in [6, 6.07) is -0.317. The smallest absolute Gasteiger partial charge is 0.276 e. The summed E-state index contributed by atoms with van der Waals surface area (Å²) in [6.45, 7) is 7.01. The van der Waals surface area contributed by atoms with E-state index in [1.54, 1.807) is 13.3 Å². The molecule has 0 saturated carbocycles. The number of aliphatic hydroxyl groups excluding tert-OH is 1. The molecule has 1 aliphatic rings. The summed E-state index contributed by atoms with van der Waals surface area (Å²) in [5, 5.41) is 21.6. The minimum Gasteiger partial charge on any atom is -0.391 e. The van der Waals surface area contributed by atoms with Gasteiger partial charge in [0.1, 0.15) is 0 Å². The molecule has 2 aromatic heterocycles. The Labute approximate surface area is 164 Å². The first-order valence-electron chi connectivity index (χ1n) is 9.44. The number of fused-ring (bicyclic) bond motifs is 1. The van der Waals surface area contributed by atoms with Gasteiger partial charge in [0.25, 0.3) is 10.2 Å². The third kappa shape index (κ3) is 4.35. The van der Waals surface area contributed by atoms with Crippen molar-refractivity contribution in [2.24, 2.45) is 5.14 Å². The van der Waals surface area contributed by atoms with Gasteiger partial charge < -0.3 is 20.3 Å². The number of anilines is 2. The molecule has 5 N–H and O–H groups in total. The van der Waals surface area contributed by atoms with Crippen LogP contribution >= 0.6 is 0 Å². The van der Waals surface area contributed by atoms with Crippen molar-refractivity contribution in [3.63, 3.8) is 0 Å². The number of nitrogens with two attached hydrogens (primary N) is 1. The van der Waals surface area contributed by atoms with Crippen LogP contribution in [-0.4, -0.2) is 68.6 Å². The summed E-state index contributed by atoms with van der Waals surface area (Å²) < 4.78 is 26.3. The Morgan fingerprint density at radius 3 is 2.71 bits per heavy atom. The lowest BCUT2D eigenvalue weighted by Crippen LogP contribution is -2.36. The molecule has 0 spiro atoms. The third-order valence-electron chi connectivity index (χ3n) is 4.99. The lowest BCUT2D eigenvalue weighted by atomic mass is 10.1. The molecule has 3 rings (SSSR count). The van der Waals surface area contributed by atoms with Crippen molar-refractivity contribution in [1.82, 2.24) is 23.8 Å². The molecule has 11 nitrogen and oxygen atoms in total. The number of rotatable bonds is 8. The largest absolute Gasteiger partial charge is 0.391 e. The molecule has 1 fully saturated rings.